The van der Waals surface area contributed by atoms with Crippen molar-refractivity contribution in [2.45, 2.75) is 26.4 Å². The van der Waals surface area contributed by atoms with E-state index in [0.29, 0.717) is 29.4 Å². The zero-order valence-electron chi connectivity index (χ0n) is 20.2. The lowest BCUT2D eigenvalue weighted by Crippen LogP contribution is -2.22. The number of fused-ring (bicyclic) bond motifs is 3. The van der Waals surface area contributed by atoms with Gasteiger partial charge in [0.25, 0.3) is 5.91 Å². The number of hydrogen-bond acceptors (Lipinski definition) is 7. The van der Waals surface area contributed by atoms with Crippen LogP contribution in [0, 0.1) is 0 Å². The van der Waals surface area contributed by atoms with Crippen LogP contribution in [0.25, 0.3) is 27.5 Å². The zero-order chi connectivity index (χ0) is 26.3. The number of nitrogens with zero attached hydrogens (tertiary/aromatic N) is 5. The molecule has 3 heterocycles. The largest absolute Gasteiger partial charge is 0.432 e. The second-order valence-electron chi connectivity index (χ2n) is 8.57. The number of thiazole rings is 1. The maximum Gasteiger partial charge on any atom is 0.387 e. The topological polar surface area (TPSA) is 102 Å². The summed E-state index contributed by atoms with van der Waals surface area (Å²) in [7, 11) is 3.15. The first-order chi connectivity index (χ1) is 17.7. The van der Waals surface area contributed by atoms with E-state index in [0.717, 1.165) is 21.7 Å². The third-order valence-electron chi connectivity index (χ3n) is 5.78. The van der Waals surface area contributed by atoms with Gasteiger partial charge in [-0.1, -0.05) is 11.3 Å². The summed E-state index contributed by atoms with van der Waals surface area (Å²) in [6, 6.07) is 8.05. The Morgan fingerprint density at radius 3 is 2.70 bits per heavy atom. The van der Waals surface area contributed by atoms with E-state index >= 15 is 0 Å². The summed E-state index contributed by atoms with van der Waals surface area (Å²) in [5.74, 6) is -0.789. The van der Waals surface area contributed by atoms with Crippen molar-refractivity contribution in [3.63, 3.8) is 0 Å². The number of pyridine rings is 1. The van der Waals surface area contributed by atoms with Gasteiger partial charge in [-0.15, -0.1) is 0 Å². The molecule has 0 radical (unpaired) electrons. The molecule has 2 amide bonds. The molecule has 1 N–H and O–H groups in total. The normalized spacial score (nSPS) is 12.2. The number of hydrogen-bond donors (Lipinski definition) is 1. The Hall–Kier alpha value is -4.19. The Balaban J connectivity index is 1.75. The van der Waals surface area contributed by atoms with Crippen LogP contribution in [0.3, 0.4) is 0 Å². The summed E-state index contributed by atoms with van der Waals surface area (Å²) in [4.78, 5) is 35.1. The average Bonchev–Trinajstić information content (AvgIpc) is 3.44. The molecule has 3 aromatic heterocycles. The van der Waals surface area contributed by atoms with Crippen LogP contribution in [-0.4, -0.2) is 57.2 Å². The maximum absolute atomic E-state index is 13.5. The Bertz CT molecular complexity index is 1500. The van der Waals surface area contributed by atoms with Gasteiger partial charge >= 0.3 is 6.61 Å². The van der Waals surface area contributed by atoms with E-state index in [4.69, 9.17) is 9.84 Å². The Labute approximate surface area is 214 Å². The van der Waals surface area contributed by atoms with Crippen LogP contribution in [0.1, 0.15) is 28.5 Å². The van der Waals surface area contributed by atoms with E-state index in [9.17, 15) is 18.4 Å². The summed E-state index contributed by atoms with van der Waals surface area (Å²) in [6.45, 7) is -1.71. The molecule has 190 valence electrons. The van der Waals surface area contributed by atoms with Crippen LogP contribution >= 0.6 is 11.3 Å². The molecule has 12 heteroatoms. The number of aromatic nitrogens is 4. The fraction of sp³-hybridized carbons (Fsp3) is 0.240. The molecular weight excluding hydrogens is 502 g/mol. The Morgan fingerprint density at radius 2 is 2.03 bits per heavy atom. The van der Waals surface area contributed by atoms with Crippen LogP contribution < -0.4 is 10.1 Å². The number of alkyl halides is 2. The fourth-order valence-electron chi connectivity index (χ4n) is 4.25. The predicted molar refractivity (Wildman–Crippen MR) is 134 cm³/mol. The van der Waals surface area contributed by atoms with Crippen molar-refractivity contribution < 1.29 is 23.1 Å². The van der Waals surface area contributed by atoms with Gasteiger partial charge in [0.2, 0.25) is 5.91 Å². The number of benzene rings is 1. The molecule has 0 unspecified atom stereocenters. The Morgan fingerprint density at radius 1 is 1.22 bits per heavy atom. The van der Waals surface area contributed by atoms with Crippen LogP contribution in [0.5, 0.6) is 5.75 Å². The van der Waals surface area contributed by atoms with E-state index < -0.39 is 6.61 Å². The first-order valence-corrected chi connectivity index (χ1v) is 12.2. The SMILES string of the molecule is CC(=O)Nc1nc2c(s1)-c1c(c(-c3cccnc3)nn1-c1ccc(C(=O)N(C)C)cc1OC(F)F)CC2. The number of carbonyl (C=O) groups is 2. The molecule has 1 aromatic carbocycles. The smallest absolute Gasteiger partial charge is 0.387 e. The lowest BCUT2D eigenvalue weighted by molar-refractivity contribution is -0.114. The molecule has 1 aliphatic carbocycles. The molecule has 0 atom stereocenters. The second-order valence-corrected chi connectivity index (χ2v) is 9.56. The van der Waals surface area contributed by atoms with Gasteiger partial charge in [-0.3, -0.25) is 14.6 Å². The number of nitrogens with one attached hydrogen (secondary N) is 1. The van der Waals surface area contributed by atoms with Gasteiger partial charge in [-0.2, -0.15) is 13.9 Å². The maximum atomic E-state index is 13.5. The summed E-state index contributed by atoms with van der Waals surface area (Å²) >= 11 is 1.29. The van der Waals surface area contributed by atoms with Crippen molar-refractivity contribution in [3.05, 3.63) is 59.5 Å². The molecule has 0 saturated carbocycles. The number of ether oxygens (including phenoxy) is 1. The molecular formula is C25H22F2N6O3S. The lowest BCUT2D eigenvalue weighted by atomic mass is 9.95. The van der Waals surface area contributed by atoms with Crippen LogP contribution in [0.4, 0.5) is 13.9 Å². The number of aryl methyl sites for hydroxylation is 1. The van der Waals surface area contributed by atoms with Gasteiger partial charge in [-0.05, 0) is 43.2 Å². The summed E-state index contributed by atoms with van der Waals surface area (Å²) in [5, 5.41) is 7.99. The third-order valence-corrected chi connectivity index (χ3v) is 6.80. The highest BCUT2D eigenvalue weighted by Crippen LogP contribution is 2.45. The number of halogens is 2. The van der Waals surface area contributed by atoms with Crippen LogP contribution in [0.2, 0.25) is 0 Å². The van der Waals surface area contributed by atoms with E-state index in [1.807, 2.05) is 6.07 Å². The minimum Gasteiger partial charge on any atom is -0.432 e. The first-order valence-electron chi connectivity index (χ1n) is 11.3. The monoisotopic (exact) mass is 524 g/mol. The number of carbonyl (C=O) groups excluding carboxylic acids is 2. The summed E-state index contributed by atoms with van der Waals surface area (Å²) in [6.07, 6.45) is 4.56. The number of rotatable bonds is 6. The molecule has 1 aliphatic rings. The molecule has 9 nitrogen and oxygen atoms in total. The van der Waals surface area contributed by atoms with E-state index in [2.05, 4.69) is 15.3 Å². The van der Waals surface area contributed by atoms with Crippen molar-refractivity contribution in [1.82, 2.24) is 24.6 Å². The van der Waals surface area contributed by atoms with Crippen molar-refractivity contribution in [3.8, 4) is 33.3 Å². The van der Waals surface area contributed by atoms with E-state index in [-0.39, 0.29) is 28.8 Å². The number of anilines is 1. The molecule has 0 aliphatic heterocycles. The zero-order valence-corrected chi connectivity index (χ0v) is 21.0. The van der Waals surface area contributed by atoms with E-state index in [1.54, 1.807) is 49.4 Å². The average molecular weight is 525 g/mol. The highest BCUT2D eigenvalue weighted by Gasteiger charge is 2.31. The molecule has 4 aromatic rings. The molecule has 5 rings (SSSR count). The predicted octanol–water partition coefficient (Wildman–Crippen LogP) is 4.42. The van der Waals surface area contributed by atoms with Gasteiger partial charge < -0.3 is 15.0 Å². The van der Waals surface area contributed by atoms with Crippen molar-refractivity contribution >= 4 is 28.3 Å². The molecule has 37 heavy (non-hydrogen) atoms. The van der Waals surface area contributed by atoms with Crippen molar-refractivity contribution in [1.29, 1.82) is 0 Å². The third kappa shape index (κ3) is 4.67. The van der Waals surface area contributed by atoms with Crippen molar-refractivity contribution in [2.75, 3.05) is 19.4 Å². The standard InChI is InChI=1S/C25H22F2N6O3S/c1-13(34)29-25-30-17-8-7-16-20(15-5-4-10-28-12-15)31-33(21(16)22(17)37-25)18-9-6-14(23(35)32(2)3)11-19(18)36-24(26)27/h4-6,9-12,24H,7-8H2,1-3H3,(H,29,30,34). The number of amides is 2. The highest BCUT2D eigenvalue weighted by molar-refractivity contribution is 7.19. The van der Waals surface area contributed by atoms with Gasteiger partial charge in [0.05, 0.1) is 22.0 Å². The summed E-state index contributed by atoms with van der Waals surface area (Å²) in [5.41, 5.74) is 4.20. The minimum absolute atomic E-state index is 0.190. The van der Waals surface area contributed by atoms with Gasteiger partial charge in [0, 0.05) is 50.1 Å². The quantitative estimate of drug-likeness (QED) is 0.401. The van der Waals surface area contributed by atoms with Crippen molar-refractivity contribution in [2.24, 2.45) is 0 Å². The lowest BCUT2D eigenvalue weighted by Gasteiger charge is -2.17. The van der Waals surface area contributed by atoms with Crippen LogP contribution in [-0.2, 0) is 17.6 Å². The highest BCUT2D eigenvalue weighted by atomic mass is 32.1. The van der Waals surface area contributed by atoms with Gasteiger partial charge in [0.1, 0.15) is 5.69 Å². The van der Waals surface area contributed by atoms with E-state index in [1.165, 1.54) is 29.2 Å². The van der Waals surface area contributed by atoms with Gasteiger partial charge in [-0.25, -0.2) is 9.67 Å². The second kappa shape index (κ2) is 9.69. The first kappa shape index (κ1) is 24.5. The molecule has 0 bridgehead atoms. The summed E-state index contributed by atoms with van der Waals surface area (Å²) < 4.78 is 33.4. The molecule has 0 saturated heterocycles. The molecule has 0 spiro atoms. The fourth-order valence-corrected chi connectivity index (χ4v) is 5.37. The minimum atomic E-state index is -3.11. The molecule has 0 fully saturated rings. The van der Waals surface area contributed by atoms with Crippen LogP contribution in [0.15, 0.2) is 42.7 Å². The Kier molecular flexibility index (Phi) is 6.42. The van der Waals surface area contributed by atoms with Gasteiger partial charge in [0.15, 0.2) is 10.9 Å².